The number of carbonyl (C=O) groups excluding carboxylic acids is 2. The van der Waals surface area contributed by atoms with Crippen LogP contribution in [0.4, 0.5) is 10.6 Å². The van der Waals surface area contributed by atoms with Gasteiger partial charge in [-0.2, -0.15) is 0 Å². The molecule has 4 rings (SSSR count). The number of hydrogen-bond donors (Lipinski definition) is 1. The second-order valence-corrected chi connectivity index (χ2v) is 7.72. The first kappa shape index (κ1) is 18.0. The molecule has 1 aliphatic carbocycles. The van der Waals surface area contributed by atoms with Crippen molar-refractivity contribution >= 4 is 17.8 Å². The van der Waals surface area contributed by atoms with Crippen LogP contribution < -0.4 is 10.2 Å². The largest absolute Gasteiger partial charge is 0.352 e. The zero-order valence-electron chi connectivity index (χ0n) is 15.8. The molecule has 3 amide bonds. The van der Waals surface area contributed by atoms with Crippen LogP contribution in [0.3, 0.4) is 0 Å². The summed E-state index contributed by atoms with van der Waals surface area (Å²) in [6.45, 7) is 5.34. The highest BCUT2D eigenvalue weighted by Gasteiger charge is 2.27. The van der Waals surface area contributed by atoms with Gasteiger partial charge in [0.15, 0.2) is 11.5 Å². The predicted molar refractivity (Wildman–Crippen MR) is 102 cm³/mol. The molecule has 0 radical (unpaired) electrons. The zero-order chi connectivity index (χ0) is 18.6. The number of hydrogen-bond acceptors (Lipinski definition) is 5. The number of anilines is 1. The molecule has 1 saturated carbocycles. The summed E-state index contributed by atoms with van der Waals surface area (Å²) in [4.78, 5) is 30.6. The maximum atomic E-state index is 12.5. The van der Waals surface area contributed by atoms with Gasteiger partial charge in [-0.1, -0.05) is 12.8 Å². The van der Waals surface area contributed by atoms with E-state index in [2.05, 4.69) is 20.4 Å². The third-order valence-corrected chi connectivity index (χ3v) is 5.67. The van der Waals surface area contributed by atoms with Crippen LogP contribution >= 0.6 is 0 Å². The molecule has 2 aliphatic heterocycles. The number of carbonyl (C=O) groups is 2. The molecular formula is C19H28N6O2. The third kappa shape index (κ3) is 4.48. The van der Waals surface area contributed by atoms with Crippen molar-refractivity contribution in [3.8, 4) is 0 Å². The Morgan fingerprint density at radius 2 is 1.67 bits per heavy atom. The Morgan fingerprint density at radius 3 is 2.30 bits per heavy atom. The molecule has 27 heavy (non-hydrogen) atoms. The molecule has 1 aromatic rings. The Kier molecular flexibility index (Phi) is 5.40. The van der Waals surface area contributed by atoms with Crippen LogP contribution in [-0.4, -0.2) is 77.7 Å². The van der Waals surface area contributed by atoms with Crippen molar-refractivity contribution in [1.82, 2.24) is 25.3 Å². The summed E-state index contributed by atoms with van der Waals surface area (Å²) in [7, 11) is 0. The summed E-state index contributed by atoms with van der Waals surface area (Å²) in [5.41, 5.74) is 0.359. The molecule has 1 N–H and O–H groups in total. The summed E-state index contributed by atoms with van der Waals surface area (Å²) >= 11 is 0. The zero-order valence-corrected chi connectivity index (χ0v) is 15.8. The maximum absolute atomic E-state index is 12.5. The molecule has 0 spiro atoms. The van der Waals surface area contributed by atoms with Crippen LogP contribution in [0.15, 0.2) is 12.1 Å². The van der Waals surface area contributed by atoms with Gasteiger partial charge in [0.2, 0.25) is 0 Å². The summed E-state index contributed by atoms with van der Waals surface area (Å²) in [6.07, 6.45) is 5.86. The molecule has 0 unspecified atom stereocenters. The Labute approximate surface area is 159 Å². The summed E-state index contributed by atoms with van der Waals surface area (Å²) in [6, 6.07) is 3.74. The van der Waals surface area contributed by atoms with E-state index in [4.69, 9.17) is 0 Å². The van der Waals surface area contributed by atoms with Crippen molar-refractivity contribution in [1.29, 1.82) is 0 Å². The van der Waals surface area contributed by atoms with E-state index in [-0.39, 0.29) is 11.9 Å². The number of amides is 3. The van der Waals surface area contributed by atoms with Gasteiger partial charge in [0.1, 0.15) is 0 Å². The van der Waals surface area contributed by atoms with Gasteiger partial charge in [-0.3, -0.25) is 4.79 Å². The van der Waals surface area contributed by atoms with Crippen LogP contribution in [0.25, 0.3) is 0 Å². The fraction of sp³-hybridized carbons (Fsp3) is 0.684. The van der Waals surface area contributed by atoms with E-state index in [0.29, 0.717) is 25.3 Å². The fourth-order valence-electron chi connectivity index (χ4n) is 3.74. The number of nitrogens with zero attached hydrogens (tertiary/aromatic N) is 5. The third-order valence-electron chi connectivity index (χ3n) is 5.67. The second kappa shape index (κ2) is 8.10. The van der Waals surface area contributed by atoms with Gasteiger partial charge in [-0.15, -0.1) is 10.2 Å². The lowest BCUT2D eigenvalue weighted by Gasteiger charge is -2.36. The summed E-state index contributed by atoms with van der Waals surface area (Å²) in [5.74, 6) is 1.41. The summed E-state index contributed by atoms with van der Waals surface area (Å²) in [5, 5.41) is 11.2. The van der Waals surface area contributed by atoms with E-state index < -0.39 is 0 Å². The van der Waals surface area contributed by atoms with Crippen molar-refractivity contribution in [2.75, 3.05) is 50.7 Å². The first-order chi connectivity index (χ1) is 13.2. The molecule has 3 heterocycles. The van der Waals surface area contributed by atoms with Gasteiger partial charge in [0, 0.05) is 45.8 Å². The van der Waals surface area contributed by atoms with Gasteiger partial charge in [0.25, 0.3) is 5.91 Å². The summed E-state index contributed by atoms with van der Waals surface area (Å²) < 4.78 is 0. The van der Waals surface area contributed by atoms with Gasteiger partial charge >= 0.3 is 6.03 Å². The Bertz CT molecular complexity index is 661. The Morgan fingerprint density at radius 1 is 0.963 bits per heavy atom. The number of nitrogens with one attached hydrogen (secondary N) is 1. The number of urea groups is 1. The smallest absolute Gasteiger partial charge is 0.320 e. The van der Waals surface area contributed by atoms with Crippen molar-refractivity contribution in [2.24, 2.45) is 5.92 Å². The van der Waals surface area contributed by atoms with Crippen molar-refractivity contribution in [2.45, 2.75) is 32.1 Å². The van der Waals surface area contributed by atoms with Crippen LogP contribution in [0.2, 0.25) is 0 Å². The second-order valence-electron chi connectivity index (χ2n) is 7.72. The first-order valence-corrected chi connectivity index (χ1v) is 10.1. The van der Waals surface area contributed by atoms with Crippen molar-refractivity contribution < 1.29 is 9.59 Å². The number of aromatic nitrogens is 2. The molecule has 0 aromatic carbocycles. The highest BCUT2D eigenvalue weighted by atomic mass is 16.2. The van der Waals surface area contributed by atoms with Gasteiger partial charge in [-0.05, 0) is 37.3 Å². The van der Waals surface area contributed by atoms with Crippen LogP contribution in [0, 0.1) is 5.92 Å². The minimum absolute atomic E-state index is 0.157. The SMILES string of the molecule is O=C(NCCC1CC1)c1ccc(N2CCN(C(=O)N3CCCC3)CC2)nn1. The topological polar surface area (TPSA) is 81.7 Å². The van der Waals surface area contributed by atoms with E-state index in [1.807, 2.05) is 15.9 Å². The minimum Gasteiger partial charge on any atom is -0.352 e. The average Bonchev–Trinajstić information content (AvgIpc) is 3.37. The van der Waals surface area contributed by atoms with E-state index in [0.717, 1.165) is 57.2 Å². The molecule has 1 aromatic heterocycles. The van der Waals surface area contributed by atoms with Crippen molar-refractivity contribution in [3.63, 3.8) is 0 Å². The quantitative estimate of drug-likeness (QED) is 0.844. The average molecular weight is 372 g/mol. The molecule has 8 nitrogen and oxygen atoms in total. The number of likely N-dealkylation sites (tertiary alicyclic amines) is 1. The molecule has 3 aliphatic rings. The standard InChI is InChI=1S/C19H28N6O2/c26-18(20-8-7-15-3-4-15)16-5-6-17(22-21-16)23-11-13-25(14-12-23)19(27)24-9-1-2-10-24/h5-6,15H,1-4,7-14H2,(H,20,26). The van der Waals surface area contributed by atoms with E-state index in [1.54, 1.807) is 6.07 Å². The first-order valence-electron chi connectivity index (χ1n) is 10.1. The van der Waals surface area contributed by atoms with E-state index >= 15 is 0 Å². The monoisotopic (exact) mass is 372 g/mol. The van der Waals surface area contributed by atoms with Crippen LogP contribution in [0.1, 0.15) is 42.6 Å². The normalized spacial score (nSPS) is 20.1. The fourth-order valence-corrected chi connectivity index (χ4v) is 3.74. The molecule has 3 fully saturated rings. The highest BCUT2D eigenvalue weighted by Crippen LogP contribution is 2.31. The van der Waals surface area contributed by atoms with E-state index in [9.17, 15) is 9.59 Å². The highest BCUT2D eigenvalue weighted by molar-refractivity contribution is 5.92. The number of rotatable bonds is 5. The minimum atomic E-state index is -0.157. The molecule has 0 bridgehead atoms. The van der Waals surface area contributed by atoms with Gasteiger partial charge < -0.3 is 20.0 Å². The molecule has 0 atom stereocenters. The molecule has 8 heteroatoms. The van der Waals surface area contributed by atoms with Crippen molar-refractivity contribution in [3.05, 3.63) is 17.8 Å². The number of piperazine rings is 1. The maximum Gasteiger partial charge on any atom is 0.320 e. The Balaban J connectivity index is 1.25. The van der Waals surface area contributed by atoms with Gasteiger partial charge in [0.05, 0.1) is 0 Å². The lowest BCUT2D eigenvalue weighted by atomic mass is 10.3. The van der Waals surface area contributed by atoms with Crippen LogP contribution in [-0.2, 0) is 0 Å². The molecular weight excluding hydrogens is 344 g/mol. The predicted octanol–water partition coefficient (Wildman–Crippen LogP) is 1.34. The van der Waals surface area contributed by atoms with E-state index in [1.165, 1.54) is 12.8 Å². The lowest BCUT2D eigenvalue weighted by Crippen LogP contribution is -2.52. The lowest BCUT2D eigenvalue weighted by molar-refractivity contribution is 0.0946. The van der Waals surface area contributed by atoms with Crippen LogP contribution in [0.5, 0.6) is 0 Å². The Hall–Kier alpha value is -2.38. The molecule has 2 saturated heterocycles. The molecule has 146 valence electrons. The van der Waals surface area contributed by atoms with Gasteiger partial charge in [-0.25, -0.2) is 4.79 Å².